The third-order valence-corrected chi connectivity index (χ3v) is 7.45. The van der Waals surface area contributed by atoms with Crippen molar-refractivity contribution in [1.29, 1.82) is 0 Å². The van der Waals surface area contributed by atoms with Crippen molar-refractivity contribution < 1.29 is 26.4 Å². The van der Waals surface area contributed by atoms with Crippen molar-refractivity contribution in [3.63, 3.8) is 0 Å². The van der Waals surface area contributed by atoms with Gasteiger partial charge in [0.05, 0.1) is 16.2 Å². The van der Waals surface area contributed by atoms with Crippen LogP contribution in [0, 0.1) is 0 Å². The molecule has 1 saturated heterocycles. The van der Waals surface area contributed by atoms with Gasteiger partial charge in [0, 0.05) is 44.0 Å². The van der Waals surface area contributed by atoms with E-state index in [2.05, 4.69) is 10.2 Å². The zero-order valence-corrected chi connectivity index (χ0v) is 19.3. The second-order valence-electron chi connectivity index (χ2n) is 7.91. The summed E-state index contributed by atoms with van der Waals surface area (Å²) in [6.07, 6.45) is -3.62. The summed E-state index contributed by atoms with van der Waals surface area (Å²) in [4.78, 5) is 16.6. The molecular formula is C23H28F3N3O3S. The number of hydrogen-bond donors (Lipinski definition) is 1. The van der Waals surface area contributed by atoms with Gasteiger partial charge in [-0.3, -0.25) is 9.69 Å². The van der Waals surface area contributed by atoms with E-state index in [-0.39, 0.29) is 16.6 Å². The number of nitrogens with zero attached hydrogens (tertiary/aromatic N) is 2. The molecule has 2 aromatic rings. The molecule has 0 atom stereocenters. The number of piperazine rings is 1. The fraction of sp³-hybridized carbons (Fsp3) is 0.435. The lowest BCUT2D eigenvalue weighted by Gasteiger charge is -2.36. The van der Waals surface area contributed by atoms with E-state index in [4.69, 9.17) is 0 Å². The summed E-state index contributed by atoms with van der Waals surface area (Å²) in [7, 11) is -3.30. The van der Waals surface area contributed by atoms with Crippen LogP contribution in [0.3, 0.4) is 0 Å². The van der Waals surface area contributed by atoms with Crippen molar-refractivity contribution in [1.82, 2.24) is 10.2 Å². The number of halogens is 3. The van der Waals surface area contributed by atoms with Crippen LogP contribution in [-0.4, -0.2) is 64.2 Å². The lowest BCUT2D eigenvalue weighted by Crippen LogP contribution is -2.47. The van der Waals surface area contributed by atoms with Crippen LogP contribution in [0.4, 0.5) is 18.9 Å². The smallest absolute Gasteiger partial charge is 0.369 e. The molecule has 0 saturated carbocycles. The number of amides is 1. The Balaban J connectivity index is 1.40. The molecule has 1 fully saturated rings. The van der Waals surface area contributed by atoms with Gasteiger partial charge in [-0.25, -0.2) is 8.42 Å². The second kappa shape index (κ2) is 10.6. The highest BCUT2D eigenvalue weighted by Crippen LogP contribution is 2.31. The Morgan fingerprint density at radius 2 is 1.70 bits per heavy atom. The van der Waals surface area contributed by atoms with Crippen molar-refractivity contribution in [3.05, 3.63) is 59.7 Å². The lowest BCUT2D eigenvalue weighted by atomic mass is 10.1. The summed E-state index contributed by atoms with van der Waals surface area (Å²) in [5.74, 6) is -0.253. The van der Waals surface area contributed by atoms with Gasteiger partial charge in [0.1, 0.15) is 0 Å². The summed E-state index contributed by atoms with van der Waals surface area (Å²) >= 11 is 0. The minimum absolute atomic E-state index is 0.00669. The summed E-state index contributed by atoms with van der Waals surface area (Å²) < 4.78 is 62.5. The van der Waals surface area contributed by atoms with E-state index in [0.717, 1.165) is 32.1 Å². The van der Waals surface area contributed by atoms with Crippen molar-refractivity contribution in [2.24, 2.45) is 0 Å². The van der Waals surface area contributed by atoms with Crippen LogP contribution in [0.2, 0.25) is 0 Å². The monoisotopic (exact) mass is 483 g/mol. The molecule has 6 nitrogen and oxygen atoms in total. The van der Waals surface area contributed by atoms with E-state index in [1.54, 1.807) is 13.0 Å². The molecule has 33 heavy (non-hydrogen) atoms. The Morgan fingerprint density at radius 1 is 1.03 bits per heavy atom. The number of anilines is 1. The normalized spacial score (nSPS) is 15.5. The molecule has 0 radical (unpaired) electrons. The van der Waals surface area contributed by atoms with Gasteiger partial charge in [-0.05, 0) is 55.4 Å². The number of alkyl halides is 3. The third kappa shape index (κ3) is 6.70. The van der Waals surface area contributed by atoms with Gasteiger partial charge in [0.25, 0.3) is 5.91 Å². The minimum Gasteiger partial charge on any atom is -0.369 e. The average molecular weight is 484 g/mol. The number of nitrogens with one attached hydrogen (secondary N) is 1. The second-order valence-corrected chi connectivity index (χ2v) is 10.2. The fourth-order valence-electron chi connectivity index (χ4n) is 3.70. The van der Waals surface area contributed by atoms with E-state index in [1.165, 1.54) is 36.4 Å². The van der Waals surface area contributed by atoms with Crippen LogP contribution >= 0.6 is 0 Å². The lowest BCUT2D eigenvalue weighted by molar-refractivity contribution is -0.137. The number of carbonyl (C=O) groups is 1. The Labute approximate surface area is 192 Å². The summed E-state index contributed by atoms with van der Waals surface area (Å²) in [5, 5.41) is 2.83. The maximum absolute atomic E-state index is 12.9. The van der Waals surface area contributed by atoms with Gasteiger partial charge in [-0.2, -0.15) is 13.2 Å². The van der Waals surface area contributed by atoms with E-state index >= 15 is 0 Å². The summed E-state index contributed by atoms with van der Waals surface area (Å²) in [5.41, 5.74) is 0.342. The number of rotatable bonds is 8. The van der Waals surface area contributed by atoms with Crippen LogP contribution in [-0.2, 0) is 16.0 Å². The van der Waals surface area contributed by atoms with Gasteiger partial charge in [0.15, 0.2) is 9.84 Å². The topological polar surface area (TPSA) is 69.7 Å². The third-order valence-electron chi connectivity index (χ3n) is 5.70. The SMILES string of the molecule is CCS(=O)(=O)c1ccc(C(=O)NCCCN2CCN(c3cccc(C(F)(F)F)c3)CC2)cc1. The zero-order valence-electron chi connectivity index (χ0n) is 18.4. The van der Waals surface area contributed by atoms with Crippen molar-refractivity contribution >= 4 is 21.4 Å². The van der Waals surface area contributed by atoms with Crippen LogP contribution in [0.15, 0.2) is 53.4 Å². The summed E-state index contributed by atoms with van der Waals surface area (Å²) in [6.45, 7) is 5.56. The molecular weight excluding hydrogens is 455 g/mol. The first-order valence-corrected chi connectivity index (χ1v) is 12.5. The first-order valence-electron chi connectivity index (χ1n) is 10.9. The summed E-state index contributed by atoms with van der Waals surface area (Å²) in [6, 6.07) is 11.3. The predicted octanol–water partition coefficient (Wildman–Crippen LogP) is 3.44. The van der Waals surface area contributed by atoms with Crippen molar-refractivity contribution in [3.8, 4) is 0 Å². The van der Waals surface area contributed by atoms with Gasteiger partial charge in [-0.15, -0.1) is 0 Å². The average Bonchev–Trinajstić information content (AvgIpc) is 2.81. The number of sulfone groups is 1. The van der Waals surface area contributed by atoms with E-state index in [9.17, 15) is 26.4 Å². The molecule has 180 valence electrons. The maximum Gasteiger partial charge on any atom is 0.416 e. The number of benzene rings is 2. The Kier molecular flexibility index (Phi) is 8.01. The quantitative estimate of drug-likeness (QED) is 0.583. The molecule has 0 aromatic heterocycles. The highest BCUT2D eigenvalue weighted by molar-refractivity contribution is 7.91. The largest absolute Gasteiger partial charge is 0.416 e. The van der Waals surface area contributed by atoms with Crippen molar-refractivity contribution in [2.75, 3.05) is 49.9 Å². The predicted molar refractivity (Wildman–Crippen MR) is 121 cm³/mol. The van der Waals surface area contributed by atoms with Gasteiger partial charge < -0.3 is 10.2 Å². The molecule has 0 spiro atoms. The minimum atomic E-state index is -4.35. The Bertz CT molecular complexity index is 1050. The van der Waals surface area contributed by atoms with E-state index in [0.29, 0.717) is 30.9 Å². The van der Waals surface area contributed by atoms with Crippen molar-refractivity contribution in [2.45, 2.75) is 24.4 Å². The molecule has 1 heterocycles. The maximum atomic E-state index is 12.9. The highest BCUT2D eigenvalue weighted by atomic mass is 32.2. The van der Waals surface area contributed by atoms with Crippen LogP contribution < -0.4 is 10.2 Å². The standard InChI is InChI=1S/C23H28F3N3O3S/c1-2-33(31,32)21-9-7-18(8-10-21)22(30)27-11-4-12-28-13-15-29(16-14-28)20-6-3-5-19(17-20)23(24,25)26/h3,5-10,17H,2,4,11-16H2,1H3,(H,27,30). The first-order chi connectivity index (χ1) is 15.6. The zero-order chi connectivity index (χ0) is 24.1. The molecule has 1 aliphatic rings. The van der Waals surface area contributed by atoms with E-state index < -0.39 is 21.6 Å². The van der Waals surface area contributed by atoms with Crippen LogP contribution in [0.25, 0.3) is 0 Å². The molecule has 1 N–H and O–H groups in total. The molecule has 0 unspecified atom stereocenters. The Morgan fingerprint density at radius 3 is 2.30 bits per heavy atom. The highest BCUT2D eigenvalue weighted by Gasteiger charge is 2.31. The molecule has 0 aliphatic carbocycles. The molecule has 1 aliphatic heterocycles. The van der Waals surface area contributed by atoms with Crippen LogP contribution in [0.1, 0.15) is 29.3 Å². The molecule has 3 rings (SSSR count). The van der Waals surface area contributed by atoms with E-state index in [1.807, 2.05) is 4.90 Å². The molecule has 0 bridgehead atoms. The van der Waals surface area contributed by atoms with Gasteiger partial charge in [-0.1, -0.05) is 13.0 Å². The molecule has 10 heteroatoms. The number of hydrogen-bond acceptors (Lipinski definition) is 5. The van der Waals surface area contributed by atoms with Crippen LogP contribution in [0.5, 0.6) is 0 Å². The first kappa shape index (κ1) is 25.0. The Hall–Kier alpha value is -2.59. The van der Waals surface area contributed by atoms with Gasteiger partial charge in [0.2, 0.25) is 0 Å². The fourth-order valence-corrected chi connectivity index (χ4v) is 4.58. The molecule has 2 aromatic carbocycles. The van der Waals surface area contributed by atoms with Gasteiger partial charge >= 0.3 is 6.18 Å². The number of carbonyl (C=O) groups excluding carboxylic acids is 1. The molecule has 1 amide bonds.